The van der Waals surface area contributed by atoms with Gasteiger partial charge in [0.1, 0.15) is 18.2 Å². The maximum absolute atomic E-state index is 13.0. The molecular weight excluding hydrogens is 302 g/mol. The fourth-order valence-electron chi connectivity index (χ4n) is 3.23. The topological polar surface area (TPSA) is 55.3 Å². The Bertz CT molecular complexity index is 786. The van der Waals surface area contributed by atoms with Gasteiger partial charge in [0.05, 0.1) is 18.7 Å². The van der Waals surface area contributed by atoms with Crippen LogP contribution in [0.15, 0.2) is 42.7 Å². The van der Waals surface area contributed by atoms with E-state index in [-0.39, 0.29) is 5.91 Å². The van der Waals surface area contributed by atoms with Gasteiger partial charge in [-0.2, -0.15) is 0 Å². The summed E-state index contributed by atoms with van der Waals surface area (Å²) < 4.78 is 5.78. The minimum atomic E-state index is -0.0181. The van der Waals surface area contributed by atoms with Gasteiger partial charge in [0, 0.05) is 12.4 Å². The molecule has 0 spiro atoms. The monoisotopic (exact) mass is 321 g/mol. The summed E-state index contributed by atoms with van der Waals surface area (Å²) >= 11 is 0. The highest BCUT2D eigenvalue weighted by molar-refractivity contribution is 5.98. The molecule has 2 aliphatic rings. The number of amides is 1. The lowest BCUT2D eigenvalue weighted by atomic mass is 10.0. The molecule has 1 amide bonds. The van der Waals surface area contributed by atoms with Crippen LogP contribution in [-0.4, -0.2) is 33.9 Å². The molecule has 0 saturated heterocycles. The average molecular weight is 321 g/mol. The summed E-state index contributed by atoms with van der Waals surface area (Å²) in [6.07, 6.45) is 9.04. The molecule has 0 N–H and O–H groups in total. The van der Waals surface area contributed by atoms with E-state index in [0.29, 0.717) is 36.8 Å². The van der Waals surface area contributed by atoms with Crippen LogP contribution < -0.4 is 4.74 Å². The number of aromatic nitrogens is 2. The van der Waals surface area contributed by atoms with Gasteiger partial charge in [-0.25, -0.2) is 9.97 Å². The van der Waals surface area contributed by atoms with Crippen LogP contribution in [0.2, 0.25) is 0 Å². The second-order valence-electron chi connectivity index (χ2n) is 6.07. The Morgan fingerprint density at radius 1 is 1.21 bits per heavy atom. The Hall–Kier alpha value is -2.69. The van der Waals surface area contributed by atoms with Gasteiger partial charge in [-0.05, 0) is 48.6 Å². The summed E-state index contributed by atoms with van der Waals surface area (Å²) in [7, 11) is 0. The normalized spacial score (nSPS) is 17.1. The van der Waals surface area contributed by atoms with Gasteiger partial charge in [-0.1, -0.05) is 12.1 Å². The first kappa shape index (κ1) is 14.9. The maximum atomic E-state index is 13.0. The van der Waals surface area contributed by atoms with Crippen LogP contribution >= 0.6 is 0 Å². The van der Waals surface area contributed by atoms with E-state index in [1.807, 2.05) is 12.1 Å². The van der Waals surface area contributed by atoms with E-state index in [2.05, 4.69) is 22.1 Å². The van der Waals surface area contributed by atoms with Crippen LogP contribution in [0.4, 0.5) is 0 Å². The SMILES string of the molecule is O=C1c2cc(C3=CCCC3)ccc2OCCN1Cc1ncccn1. The predicted molar refractivity (Wildman–Crippen MR) is 90.5 cm³/mol. The summed E-state index contributed by atoms with van der Waals surface area (Å²) in [4.78, 5) is 23.2. The molecule has 5 nitrogen and oxygen atoms in total. The van der Waals surface area contributed by atoms with Crippen molar-refractivity contribution in [2.75, 3.05) is 13.2 Å². The van der Waals surface area contributed by atoms with Crippen LogP contribution in [0.1, 0.15) is 41.0 Å². The fraction of sp³-hybridized carbons (Fsp3) is 0.316. The van der Waals surface area contributed by atoms with E-state index in [4.69, 9.17) is 4.74 Å². The van der Waals surface area contributed by atoms with Crippen molar-refractivity contribution in [3.8, 4) is 5.75 Å². The molecule has 122 valence electrons. The Labute approximate surface area is 141 Å². The van der Waals surface area contributed by atoms with E-state index < -0.39 is 0 Å². The fourth-order valence-corrected chi connectivity index (χ4v) is 3.23. The molecule has 0 bridgehead atoms. The molecule has 4 rings (SSSR count). The van der Waals surface area contributed by atoms with Crippen molar-refractivity contribution in [3.63, 3.8) is 0 Å². The molecular formula is C19H19N3O2. The highest BCUT2D eigenvalue weighted by atomic mass is 16.5. The molecule has 5 heteroatoms. The number of hydrogen-bond donors (Lipinski definition) is 0. The van der Waals surface area contributed by atoms with Crippen molar-refractivity contribution in [1.82, 2.24) is 14.9 Å². The zero-order valence-electron chi connectivity index (χ0n) is 13.4. The zero-order valence-corrected chi connectivity index (χ0v) is 13.4. The summed E-state index contributed by atoms with van der Waals surface area (Å²) in [6.45, 7) is 1.41. The average Bonchev–Trinajstić information content (AvgIpc) is 3.11. The quantitative estimate of drug-likeness (QED) is 0.872. The van der Waals surface area contributed by atoms with Gasteiger partial charge < -0.3 is 9.64 Å². The van der Waals surface area contributed by atoms with Gasteiger partial charge in [0.25, 0.3) is 5.91 Å². The molecule has 1 aliphatic heterocycles. The van der Waals surface area contributed by atoms with Crippen LogP contribution in [0.3, 0.4) is 0 Å². The Morgan fingerprint density at radius 3 is 2.88 bits per heavy atom. The molecule has 24 heavy (non-hydrogen) atoms. The van der Waals surface area contributed by atoms with Crippen LogP contribution in [0.25, 0.3) is 5.57 Å². The third kappa shape index (κ3) is 2.89. The van der Waals surface area contributed by atoms with Crippen molar-refractivity contribution >= 4 is 11.5 Å². The minimum absolute atomic E-state index is 0.0181. The maximum Gasteiger partial charge on any atom is 0.258 e. The van der Waals surface area contributed by atoms with E-state index in [1.165, 1.54) is 12.0 Å². The second-order valence-corrected chi connectivity index (χ2v) is 6.07. The summed E-state index contributed by atoms with van der Waals surface area (Å²) in [5, 5.41) is 0. The number of benzene rings is 1. The van der Waals surface area contributed by atoms with E-state index in [0.717, 1.165) is 18.4 Å². The number of ether oxygens (including phenoxy) is 1. The molecule has 2 aromatic rings. The van der Waals surface area contributed by atoms with Crippen molar-refractivity contribution in [3.05, 3.63) is 59.7 Å². The molecule has 0 fully saturated rings. The number of carbonyl (C=O) groups is 1. The van der Waals surface area contributed by atoms with Crippen LogP contribution in [0.5, 0.6) is 5.75 Å². The minimum Gasteiger partial charge on any atom is -0.491 e. The number of nitrogens with zero attached hydrogens (tertiary/aromatic N) is 3. The molecule has 1 aliphatic carbocycles. The Morgan fingerprint density at radius 2 is 2.08 bits per heavy atom. The predicted octanol–water partition coefficient (Wildman–Crippen LogP) is 3.08. The van der Waals surface area contributed by atoms with Gasteiger partial charge in [-0.15, -0.1) is 0 Å². The number of hydrogen-bond acceptors (Lipinski definition) is 4. The number of allylic oxidation sites excluding steroid dienone is 2. The Kier molecular flexibility index (Phi) is 3.99. The summed E-state index contributed by atoms with van der Waals surface area (Å²) in [6, 6.07) is 7.72. The lowest BCUT2D eigenvalue weighted by Crippen LogP contribution is -2.32. The third-order valence-corrected chi connectivity index (χ3v) is 4.48. The van der Waals surface area contributed by atoms with Crippen molar-refractivity contribution in [2.45, 2.75) is 25.8 Å². The van der Waals surface area contributed by atoms with Crippen LogP contribution in [-0.2, 0) is 6.54 Å². The van der Waals surface area contributed by atoms with E-state index in [9.17, 15) is 4.79 Å². The second kappa shape index (κ2) is 6.43. The molecule has 0 saturated carbocycles. The van der Waals surface area contributed by atoms with Gasteiger partial charge >= 0.3 is 0 Å². The van der Waals surface area contributed by atoms with Crippen molar-refractivity contribution in [1.29, 1.82) is 0 Å². The van der Waals surface area contributed by atoms with Crippen molar-refractivity contribution < 1.29 is 9.53 Å². The lowest BCUT2D eigenvalue weighted by Gasteiger charge is -2.19. The first-order valence-corrected chi connectivity index (χ1v) is 8.33. The van der Waals surface area contributed by atoms with E-state index in [1.54, 1.807) is 23.4 Å². The van der Waals surface area contributed by atoms with E-state index >= 15 is 0 Å². The molecule has 0 radical (unpaired) electrons. The van der Waals surface area contributed by atoms with Gasteiger partial charge in [-0.3, -0.25) is 4.79 Å². The molecule has 1 aromatic carbocycles. The number of fused-ring (bicyclic) bond motifs is 1. The van der Waals surface area contributed by atoms with Crippen LogP contribution in [0, 0.1) is 0 Å². The molecule has 2 heterocycles. The van der Waals surface area contributed by atoms with Gasteiger partial charge in [0.15, 0.2) is 0 Å². The highest BCUT2D eigenvalue weighted by Gasteiger charge is 2.25. The first-order valence-electron chi connectivity index (χ1n) is 8.33. The number of carbonyl (C=O) groups excluding carboxylic acids is 1. The highest BCUT2D eigenvalue weighted by Crippen LogP contribution is 2.32. The Balaban J connectivity index is 1.64. The largest absolute Gasteiger partial charge is 0.491 e. The lowest BCUT2D eigenvalue weighted by molar-refractivity contribution is 0.0738. The molecule has 1 aromatic heterocycles. The first-order chi connectivity index (χ1) is 11.8. The smallest absolute Gasteiger partial charge is 0.258 e. The van der Waals surface area contributed by atoms with Gasteiger partial charge in [0.2, 0.25) is 0 Å². The summed E-state index contributed by atoms with van der Waals surface area (Å²) in [5.74, 6) is 1.29. The molecule has 0 atom stereocenters. The standard InChI is InChI=1S/C19H19N3O2/c23-19-16-12-15(14-4-1-2-5-14)6-7-17(16)24-11-10-22(19)13-18-20-8-3-9-21-18/h3-4,6-9,12H,1-2,5,10-11,13H2. The number of rotatable bonds is 3. The molecule has 0 unspecified atom stereocenters. The third-order valence-electron chi connectivity index (χ3n) is 4.48. The zero-order chi connectivity index (χ0) is 16.4. The summed E-state index contributed by atoms with van der Waals surface area (Å²) in [5.41, 5.74) is 3.09. The van der Waals surface area contributed by atoms with Crippen molar-refractivity contribution in [2.24, 2.45) is 0 Å².